The Morgan fingerprint density at radius 2 is 2.18 bits per heavy atom. The fourth-order valence-corrected chi connectivity index (χ4v) is 2.85. The number of rotatable bonds is 4. The lowest BCUT2D eigenvalue weighted by atomic mass is 10.1. The van der Waals surface area contributed by atoms with Gasteiger partial charge in [0.25, 0.3) is 0 Å². The van der Waals surface area contributed by atoms with Gasteiger partial charge in [-0.2, -0.15) is 0 Å². The molecular formula is C13H17BrN2S. The van der Waals surface area contributed by atoms with Crippen molar-refractivity contribution in [1.29, 1.82) is 0 Å². The predicted octanol–water partition coefficient (Wildman–Crippen LogP) is 3.32. The molecule has 0 amide bonds. The maximum atomic E-state index is 5.62. The average molecular weight is 313 g/mol. The van der Waals surface area contributed by atoms with Gasteiger partial charge in [-0.3, -0.25) is 0 Å². The van der Waals surface area contributed by atoms with Crippen molar-refractivity contribution >= 4 is 38.8 Å². The molecule has 1 aliphatic carbocycles. The van der Waals surface area contributed by atoms with Crippen molar-refractivity contribution in [3.8, 4) is 0 Å². The quantitative estimate of drug-likeness (QED) is 0.865. The van der Waals surface area contributed by atoms with E-state index in [9.17, 15) is 0 Å². The van der Waals surface area contributed by atoms with Crippen LogP contribution in [0.2, 0.25) is 0 Å². The zero-order chi connectivity index (χ0) is 12.6. The highest BCUT2D eigenvalue weighted by molar-refractivity contribution is 9.10. The summed E-state index contributed by atoms with van der Waals surface area (Å²) in [6, 6.07) is 6.64. The van der Waals surface area contributed by atoms with Crippen molar-refractivity contribution in [1.82, 2.24) is 0 Å². The molecule has 4 heteroatoms. The normalized spacial score (nSPS) is 16.6. The minimum Gasteiger partial charge on any atom is -0.389 e. The number of nitrogens with two attached hydrogens (primary N) is 1. The minimum absolute atomic E-state index is 0.440. The lowest BCUT2D eigenvalue weighted by Gasteiger charge is -2.28. The van der Waals surface area contributed by atoms with Gasteiger partial charge in [-0.05, 0) is 59.8 Å². The first-order chi connectivity index (χ1) is 8.00. The summed E-state index contributed by atoms with van der Waals surface area (Å²) in [4.78, 5) is 2.76. The Balaban J connectivity index is 2.23. The van der Waals surface area contributed by atoms with Crippen LogP contribution in [0.1, 0.15) is 25.3 Å². The van der Waals surface area contributed by atoms with Crippen LogP contribution in [0.15, 0.2) is 22.7 Å². The number of hydrogen-bond donors (Lipinski definition) is 1. The van der Waals surface area contributed by atoms with Crippen LogP contribution in [-0.2, 0) is 0 Å². The molecule has 0 radical (unpaired) electrons. The summed E-state index contributed by atoms with van der Waals surface area (Å²) >= 11 is 8.57. The third-order valence-corrected chi connectivity index (χ3v) is 4.40. The molecule has 0 aliphatic heterocycles. The van der Waals surface area contributed by atoms with Gasteiger partial charge >= 0.3 is 0 Å². The van der Waals surface area contributed by atoms with Crippen molar-refractivity contribution in [2.24, 2.45) is 11.7 Å². The highest BCUT2D eigenvalue weighted by atomic mass is 79.9. The minimum atomic E-state index is 0.440. The second-order valence-electron chi connectivity index (χ2n) is 4.72. The zero-order valence-electron chi connectivity index (χ0n) is 10.1. The van der Waals surface area contributed by atoms with Gasteiger partial charge in [0.05, 0.1) is 5.69 Å². The number of nitrogens with zero attached hydrogens (tertiary/aromatic N) is 1. The molecule has 0 aromatic heterocycles. The summed E-state index contributed by atoms with van der Waals surface area (Å²) < 4.78 is 1.05. The van der Waals surface area contributed by atoms with Crippen molar-refractivity contribution < 1.29 is 0 Å². The van der Waals surface area contributed by atoms with Gasteiger partial charge in [0.2, 0.25) is 0 Å². The number of anilines is 1. The molecule has 1 atom stereocenters. The first-order valence-electron chi connectivity index (χ1n) is 5.83. The van der Waals surface area contributed by atoms with E-state index in [2.05, 4.69) is 40.9 Å². The Kier molecular flexibility index (Phi) is 3.73. The molecule has 2 N–H and O–H groups in total. The molecule has 2 rings (SSSR count). The van der Waals surface area contributed by atoms with E-state index in [4.69, 9.17) is 18.0 Å². The molecule has 17 heavy (non-hydrogen) atoms. The van der Waals surface area contributed by atoms with Gasteiger partial charge in [-0.1, -0.05) is 12.2 Å². The van der Waals surface area contributed by atoms with E-state index in [-0.39, 0.29) is 0 Å². The van der Waals surface area contributed by atoms with Gasteiger partial charge in [0, 0.05) is 23.1 Å². The van der Waals surface area contributed by atoms with Gasteiger partial charge in [0.15, 0.2) is 0 Å². The monoisotopic (exact) mass is 312 g/mol. The standard InChI is InChI=1S/C13H17BrN2S/c1-8(9-3-4-9)16(2)12-6-5-10(13(15)17)7-11(12)14/h5-9H,3-4H2,1-2H3,(H2,15,17). The Hall–Kier alpha value is -0.610. The second kappa shape index (κ2) is 4.94. The molecule has 0 bridgehead atoms. The smallest absolute Gasteiger partial charge is 0.104 e. The molecule has 0 spiro atoms. The van der Waals surface area contributed by atoms with E-state index in [1.54, 1.807) is 0 Å². The first-order valence-corrected chi connectivity index (χ1v) is 7.03. The van der Waals surface area contributed by atoms with Crippen LogP contribution in [0.3, 0.4) is 0 Å². The van der Waals surface area contributed by atoms with Gasteiger partial charge in [-0.25, -0.2) is 0 Å². The number of benzene rings is 1. The molecule has 92 valence electrons. The Labute approximate surface area is 116 Å². The van der Waals surface area contributed by atoms with Crippen LogP contribution < -0.4 is 10.6 Å². The topological polar surface area (TPSA) is 29.3 Å². The van der Waals surface area contributed by atoms with Crippen molar-refractivity contribution in [3.63, 3.8) is 0 Å². The van der Waals surface area contributed by atoms with E-state index < -0.39 is 0 Å². The Bertz CT molecular complexity index is 443. The van der Waals surface area contributed by atoms with E-state index >= 15 is 0 Å². The predicted molar refractivity (Wildman–Crippen MR) is 80.6 cm³/mol. The summed E-state index contributed by atoms with van der Waals surface area (Å²) in [6.07, 6.45) is 2.71. The van der Waals surface area contributed by atoms with Gasteiger partial charge < -0.3 is 10.6 Å². The second-order valence-corrected chi connectivity index (χ2v) is 6.01. The van der Waals surface area contributed by atoms with Crippen LogP contribution in [0, 0.1) is 5.92 Å². The first kappa shape index (κ1) is 12.8. The molecule has 1 aromatic rings. The maximum Gasteiger partial charge on any atom is 0.104 e. The fraction of sp³-hybridized carbons (Fsp3) is 0.462. The van der Waals surface area contributed by atoms with Crippen molar-refractivity contribution in [2.75, 3.05) is 11.9 Å². The van der Waals surface area contributed by atoms with E-state index in [0.717, 1.165) is 16.0 Å². The molecular weight excluding hydrogens is 296 g/mol. The highest BCUT2D eigenvalue weighted by Gasteiger charge is 2.31. The van der Waals surface area contributed by atoms with Crippen LogP contribution in [-0.4, -0.2) is 18.1 Å². The summed E-state index contributed by atoms with van der Waals surface area (Å²) in [5, 5.41) is 0. The van der Waals surface area contributed by atoms with Crippen LogP contribution in [0.4, 0.5) is 5.69 Å². The lowest BCUT2D eigenvalue weighted by molar-refractivity contribution is 0.608. The molecule has 0 heterocycles. The number of thiocarbonyl (C=S) groups is 1. The largest absolute Gasteiger partial charge is 0.389 e. The van der Waals surface area contributed by atoms with Gasteiger partial charge in [0.1, 0.15) is 4.99 Å². The van der Waals surface area contributed by atoms with Crippen LogP contribution >= 0.6 is 28.1 Å². The van der Waals surface area contributed by atoms with E-state index in [0.29, 0.717) is 11.0 Å². The summed E-state index contributed by atoms with van der Waals surface area (Å²) in [7, 11) is 2.14. The van der Waals surface area contributed by atoms with E-state index in [1.165, 1.54) is 18.5 Å². The van der Waals surface area contributed by atoms with Crippen molar-refractivity contribution in [3.05, 3.63) is 28.2 Å². The van der Waals surface area contributed by atoms with Gasteiger partial charge in [-0.15, -0.1) is 0 Å². The summed E-state index contributed by atoms with van der Waals surface area (Å²) in [5.41, 5.74) is 7.73. The molecule has 1 fully saturated rings. The molecule has 1 saturated carbocycles. The maximum absolute atomic E-state index is 5.62. The Morgan fingerprint density at radius 3 is 2.65 bits per heavy atom. The molecule has 2 nitrogen and oxygen atoms in total. The summed E-state index contributed by atoms with van der Waals surface area (Å²) in [5.74, 6) is 0.849. The SMILES string of the molecule is CC(C1CC1)N(C)c1ccc(C(N)=S)cc1Br. The molecule has 1 aromatic carbocycles. The number of halogens is 1. The highest BCUT2D eigenvalue weighted by Crippen LogP contribution is 2.38. The average Bonchev–Trinajstić information content (AvgIpc) is 3.10. The molecule has 0 saturated heterocycles. The van der Waals surface area contributed by atoms with Crippen LogP contribution in [0.25, 0.3) is 0 Å². The molecule has 1 aliphatic rings. The third-order valence-electron chi connectivity index (χ3n) is 3.53. The van der Waals surface area contributed by atoms with Crippen LogP contribution in [0.5, 0.6) is 0 Å². The summed E-state index contributed by atoms with van der Waals surface area (Å²) in [6.45, 7) is 2.28. The zero-order valence-corrected chi connectivity index (χ0v) is 12.5. The number of hydrogen-bond acceptors (Lipinski definition) is 2. The molecule has 1 unspecified atom stereocenters. The third kappa shape index (κ3) is 2.80. The Morgan fingerprint density at radius 1 is 1.53 bits per heavy atom. The fourth-order valence-electron chi connectivity index (χ4n) is 2.06. The van der Waals surface area contributed by atoms with Crippen molar-refractivity contribution in [2.45, 2.75) is 25.8 Å². The lowest BCUT2D eigenvalue weighted by Crippen LogP contribution is -2.30. The van der Waals surface area contributed by atoms with E-state index in [1.807, 2.05) is 12.1 Å².